The number of rotatable bonds is 6. The molecule has 0 bridgehead atoms. The molecule has 122 valence electrons. The Balaban J connectivity index is 1.95. The summed E-state index contributed by atoms with van der Waals surface area (Å²) in [5.41, 5.74) is 2.46. The van der Waals surface area contributed by atoms with Crippen LogP contribution in [-0.4, -0.2) is 16.5 Å². The van der Waals surface area contributed by atoms with Gasteiger partial charge in [0.2, 0.25) is 5.95 Å². The van der Waals surface area contributed by atoms with Crippen LogP contribution in [-0.2, 0) is 0 Å². The Morgan fingerprint density at radius 1 is 0.958 bits per heavy atom. The minimum Gasteiger partial charge on any atom is -0.354 e. The van der Waals surface area contributed by atoms with E-state index in [1.165, 1.54) is 12.1 Å². The molecule has 0 spiro atoms. The van der Waals surface area contributed by atoms with Gasteiger partial charge < -0.3 is 10.6 Å². The largest absolute Gasteiger partial charge is 0.354 e. The van der Waals surface area contributed by atoms with Crippen molar-refractivity contribution in [1.82, 2.24) is 9.97 Å². The van der Waals surface area contributed by atoms with E-state index in [-0.39, 0.29) is 5.82 Å². The number of aromatic nitrogens is 2. The monoisotopic (exact) mass is 322 g/mol. The van der Waals surface area contributed by atoms with E-state index in [0.29, 0.717) is 17.5 Å². The van der Waals surface area contributed by atoms with Crippen LogP contribution in [0.25, 0.3) is 11.3 Å². The van der Waals surface area contributed by atoms with E-state index in [1.807, 2.05) is 36.4 Å². The SMILES string of the molecule is CCCNc1nc(Nc2cccc(F)c2)cc(-c2ccccc2)n1. The molecule has 3 aromatic rings. The summed E-state index contributed by atoms with van der Waals surface area (Å²) in [6, 6.07) is 18.1. The van der Waals surface area contributed by atoms with E-state index in [0.717, 1.165) is 24.2 Å². The zero-order valence-electron chi connectivity index (χ0n) is 13.5. The van der Waals surface area contributed by atoms with Gasteiger partial charge in [0.25, 0.3) is 0 Å². The summed E-state index contributed by atoms with van der Waals surface area (Å²) in [5.74, 6) is 0.881. The van der Waals surface area contributed by atoms with Crippen molar-refractivity contribution >= 4 is 17.5 Å². The quantitative estimate of drug-likeness (QED) is 0.681. The molecule has 4 nitrogen and oxygen atoms in total. The Bertz CT molecular complexity index is 805. The van der Waals surface area contributed by atoms with Crippen molar-refractivity contribution in [2.45, 2.75) is 13.3 Å². The summed E-state index contributed by atoms with van der Waals surface area (Å²) < 4.78 is 13.4. The zero-order chi connectivity index (χ0) is 16.8. The summed E-state index contributed by atoms with van der Waals surface area (Å²) in [4.78, 5) is 9.03. The third kappa shape index (κ3) is 4.07. The first kappa shape index (κ1) is 15.9. The molecule has 0 aliphatic heterocycles. The van der Waals surface area contributed by atoms with Crippen LogP contribution >= 0.6 is 0 Å². The van der Waals surface area contributed by atoms with E-state index in [1.54, 1.807) is 12.1 Å². The minimum atomic E-state index is -0.290. The Hall–Kier alpha value is -2.95. The summed E-state index contributed by atoms with van der Waals surface area (Å²) >= 11 is 0. The van der Waals surface area contributed by atoms with E-state index in [9.17, 15) is 4.39 Å². The van der Waals surface area contributed by atoms with Gasteiger partial charge in [-0.15, -0.1) is 0 Å². The van der Waals surface area contributed by atoms with Crippen molar-refractivity contribution < 1.29 is 4.39 Å². The lowest BCUT2D eigenvalue weighted by Gasteiger charge is -2.11. The summed E-state index contributed by atoms with van der Waals surface area (Å²) in [5, 5.41) is 6.35. The lowest BCUT2D eigenvalue weighted by atomic mass is 10.1. The van der Waals surface area contributed by atoms with Crippen molar-refractivity contribution in [2.75, 3.05) is 17.2 Å². The normalized spacial score (nSPS) is 10.4. The fourth-order valence-corrected chi connectivity index (χ4v) is 2.30. The van der Waals surface area contributed by atoms with Crippen LogP contribution in [0.1, 0.15) is 13.3 Å². The molecule has 3 rings (SSSR count). The van der Waals surface area contributed by atoms with Crippen molar-refractivity contribution in [3.63, 3.8) is 0 Å². The molecule has 0 amide bonds. The number of nitrogens with zero attached hydrogens (tertiary/aromatic N) is 2. The van der Waals surface area contributed by atoms with Gasteiger partial charge in [-0.05, 0) is 24.6 Å². The minimum absolute atomic E-state index is 0.290. The molecule has 0 aliphatic rings. The van der Waals surface area contributed by atoms with Gasteiger partial charge >= 0.3 is 0 Å². The molecule has 2 N–H and O–H groups in total. The molecule has 5 heteroatoms. The van der Waals surface area contributed by atoms with Crippen LogP contribution in [0.5, 0.6) is 0 Å². The molecule has 2 aromatic carbocycles. The van der Waals surface area contributed by atoms with Gasteiger partial charge in [0.1, 0.15) is 11.6 Å². The second-order valence-corrected chi connectivity index (χ2v) is 5.39. The summed E-state index contributed by atoms with van der Waals surface area (Å²) in [6.45, 7) is 2.87. The molecule has 0 unspecified atom stereocenters. The molecule has 0 aliphatic carbocycles. The van der Waals surface area contributed by atoms with E-state index in [2.05, 4.69) is 27.5 Å². The zero-order valence-corrected chi connectivity index (χ0v) is 13.5. The molecule has 1 aromatic heterocycles. The van der Waals surface area contributed by atoms with Gasteiger partial charge in [-0.1, -0.05) is 43.3 Å². The number of hydrogen-bond donors (Lipinski definition) is 2. The van der Waals surface area contributed by atoms with Crippen molar-refractivity contribution in [2.24, 2.45) is 0 Å². The van der Waals surface area contributed by atoms with Crippen molar-refractivity contribution in [3.05, 3.63) is 66.5 Å². The standard InChI is InChI=1S/C19H19FN4/c1-2-11-21-19-23-17(14-7-4-3-5-8-14)13-18(24-19)22-16-10-6-9-15(20)12-16/h3-10,12-13H,2,11H2,1H3,(H2,21,22,23,24). The average Bonchev–Trinajstić information content (AvgIpc) is 2.60. The smallest absolute Gasteiger partial charge is 0.225 e. The Labute approximate surface area is 140 Å². The Morgan fingerprint density at radius 3 is 2.54 bits per heavy atom. The van der Waals surface area contributed by atoms with Crippen LogP contribution in [0.15, 0.2) is 60.7 Å². The predicted octanol–water partition coefficient (Wildman–Crippen LogP) is 4.85. The van der Waals surface area contributed by atoms with Crippen molar-refractivity contribution in [1.29, 1.82) is 0 Å². The fraction of sp³-hybridized carbons (Fsp3) is 0.158. The number of nitrogens with one attached hydrogen (secondary N) is 2. The molecule has 0 atom stereocenters. The third-order valence-electron chi connectivity index (χ3n) is 3.43. The summed E-state index contributed by atoms with van der Waals surface area (Å²) in [6.07, 6.45) is 0.978. The molecule has 0 saturated carbocycles. The predicted molar refractivity (Wildman–Crippen MR) is 95.9 cm³/mol. The van der Waals surface area contributed by atoms with Gasteiger partial charge in [-0.2, -0.15) is 4.98 Å². The van der Waals surface area contributed by atoms with Gasteiger partial charge in [-0.25, -0.2) is 9.37 Å². The second kappa shape index (κ2) is 7.55. The van der Waals surface area contributed by atoms with Crippen LogP contribution < -0.4 is 10.6 Å². The number of halogens is 1. The molecule has 0 fully saturated rings. The fourth-order valence-electron chi connectivity index (χ4n) is 2.30. The molecular weight excluding hydrogens is 303 g/mol. The van der Waals surface area contributed by atoms with Crippen LogP contribution in [0.2, 0.25) is 0 Å². The summed E-state index contributed by atoms with van der Waals surface area (Å²) in [7, 11) is 0. The molecular formula is C19H19FN4. The van der Waals surface area contributed by atoms with E-state index >= 15 is 0 Å². The Morgan fingerprint density at radius 2 is 1.79 bits per heavy atom. The second-order valence-electron chi connectivity index (χ2n) is 5.39. The number of anilines is 3. The average molecular weight is 322 g/mol. The number of benzene rings is 2. The highest BCUT2D eigenvalue weighted by Gasteiger charge is 2.07. The van der Waals surface area contributed by atoms with Crippen LogP contribution in [0.4, 0.5) is 21.8 Å². The lowest BCUT2D eigenvalue weighted by Crippen LogP contribution is -2.07. The first-order valence-electron chi connectivity index (χ1n) is 7.95. The van der Waals surface area contributed by atoms with Gasteiger partial charge in [0.05, 0.1) is 5.69 Å². The Kier molecular flexibility index (Phi) is 5.01. The molecule has 0 radical (unpaired) electrons. The van der Waals surface area contributed by atoms with Gasteiger partial charge in [0.15, 0.2) is 0 Å². The highest BCUT2D eigenvalue weighted by Crippen LogP contribution is 2.23. The first-order chi connectivity index (χ1) is 11.7. The maximum Gasteiger partial charge on any atom is 0.225 e. The maximum absolute atomic E-state index is 13.4. The number of hydrogen-bond acceptors (Lipinski definition) is 4. The van der Waals surface area contributed by atoms with E-state index < -0.39 is 0 Å². The topological polar surface area (TPSA) is 49.8 Å². The van der Waals surface area contributed by atoms with Crippen molar-refractivity contribution in [3.8, 4) is 11.3 Å². The lowest BCUT2D eigenvalue weighted by molar-refractivity contribution is 0.628. The third-order valence-corrected chi connectivity index (χ3v) is 3.43. The first-order valence-corrected chi connectivity index (χ1v) is 7.95. The van der Waals surface area contributed by atoms with E-state index in [4.69, 9.17) is 0 Å². The molecule has 0 saturated heterocycles. The van der Waals surface area contributed by atoms with Crippen LogP contribution in [0.3, 0.4) is 0 Å². The highest BCUT2D eigenvalue weighted by atomic mass is 19.1. The molecule has 24 heavy (non-hydrogen) atoms. The molecule has 1 heterocycles. The highest BCUT2D eigenvalue weighted by molar-refractivity contribution is 5.67. The van der Waals surface area contributed by atoms with Gasteiger partial charge in [-0.3, -0.25) is 0 Å². The maximum atomic E-state index is 13.4. The van der Waals surface area contributed by atoms with Gasteiger partial charge in [0, 0.05) is 23.9 Å². The van der Waals surface area contributed by atoms with Crippen LogP contribution in [0, 0.1) is 5.82 Å².